The highest BCUT2D eigenvalue weighted by molar-refractivity contribution is 7.92. The van der Waals surface area contributed by atoms with E-state index in [4.69, 9.17) is 16.3 Å². The van der Waals surface area contributed by atoms with Gasteiger partial charge in [-0.05, 0) is 36.4 Å². The molecule has 0 bridgehead atoms. The highest BCUT2D eigenvalue weighted by Crippen LogP contribution is 2.34. The predicted octanol–water partition coefficient (Wildman–Crippen LogP) is 3.25. The van der Waals surface area contributed by atoms with Gasteiger partial charge in [0.25, 0.3) is 15.5 Å². The molecule has 14 heteroatoms. The Balaban J connectivity index is 2.29. The Kier molecular flexibility index (Phi) is 6.65. The molecule has 0 saturated heterocycles. The lowest BCUT2D eigenvalue weighted by molar-refractivity contribution is -0.388. The number of benzene rings is 2. The van der Waals surface area contributed by atoms with E-state index in [1.165, 1.54) is 24.3 Å². The lowest BCUT2D eigenvalue weighted by Gasteiger charge is -2.09. The summed E-state index contributed by atoms with van der Waals surface area (Å²) in [5.74, 6) is -1.86. The predicted molar refractivity (Wildman–Crippen MR) is 94.7 cm³/mol. The second-order valence-electron chi connectivity index (χ2n) is 5.25. The number of sulfone groups is 1. The van der Waals surface area contributed by atoms with E-state index in [-0.39, 0.29) is 11.8 Å². The van der Waals surface area contributed by atoms with Crippen molar-refractivity contribution in [3.05, 3.63) is 57.6 Å². The molecule has 0 aliphatic carbocycles. The van der Waals surface area contributed by atoms with Crippen LogP contribution in [-0.2, 0) is 25.4 Å². The van der Waals surface area contributed by atoms with E-state index >= 15 is 0 Å². The number of nitro benzene ring substituents is 1. The topological polar surface area (TPSA) is 121 Å². The molecule has 1 atom stereocenters. The van der Waals surface area contributed by atoms with E-state index in [0.29, 0.717) is 17.2 Å². The van der Waals surface area contributed by atoms with Crippen LogP contribution in [0, 0.1) is 10.1 Å². The third-order valence-corrected chi connectivity index (χ3v) is 6.35. The summed E-state index contributed by atoms with van der Waals surface area (Å²) >= 11 is 5.67. The molecule has 2 rings (SSSR count). The van der Waals surface area contributed by atoms with Crippen LogP contribution in [-0.4, -0.2) is 34.8 Å². The molecule has 1 unspecified atom stereocenters. The normalized spacial score (nSPS) is 13.0. The molecule has 29 heavy (non-hydrogen) atoms. The van der Waals surface area contributed by atoms with Gasteiger partial charge in [0.2, 0.25) is 0 Å². The van der Waals surface area contributed by atoms with Crippen LogP contribution in [0.4, 0.5) is 18.9 Å². The zero-order valence-electron chi connectivity index (χ0n) is 13.9. The average molecular weight is 472 g/mol. The van der Waals surface area contributed by atoms with Gasteiger partial charge in [-0.25, -0.2) is 8.42 Å². The Hall–Kier alpha value is -2.51. The fourth-order valence-electron chi connectivity index (χ4n) is 1.98. The number of ether oxygens (including phenoxy) is 1. The van der Waals surface area contributed by atoms with Gasteiger partial charge in [-0.3, -0.25) is 19.1 Å². The van der Waals surface area contributed by atoms with Crippen molar-refractivity contribution in [3.8, 4) is 5.75 Å². The Bertz CT molecular complexity index is 1090. The van der Waals surface area contributed by atoms with E-state index in [9.17, 15) is 40.7 Å². The molecule has 0 saturated carbocycles. The van der Waals surface area contributed by atoms with Gasteiger partial charge >= 0.3 is 11.5 Å². The number of alkyl halides is 3. The van der Waals surface area contributed by atoms with Gasteiger partial charge in [-0.2, -0.15) is 13.2 Å². The number of nitro groups is 1. The van der Waals surface area contributed by atoms with Crippen molar-refractivity contribution in [2.24, 2.45) is 0 Å². The van der Waals surface area contributed by atoms with Crippen LogP contribution in [0.1, 0.15) is 0 Å². The maximum atomic E-state index is 12.6. The molecule has 0 heterocycles. The van der Waals surface area contributed by atoms with Crippen molar-refractivity contribution in [3.63, 3.8) is 0 Å². The molecule has 0 fully saturated rings. The van der Waals surface area contributed by atoms with E-state index in [1.54, 1.807) is 0 Å². The molecule has 2 aromatic carbocycles. The van der Waals surface area contributed by atoms with Crippen LogP contribution in [0.15, 0.2) is 52.3 Å². The van der Waals surface area contributed by atoms with Crippen molar-refractivity contribution in [2.45, 2.75) is 15.3 Å². The van der Waals surface area contributed by atoms with Crippen LogP contribution in [0.2, 0.25) is 5.02 Å². The SMILES string of the molecule is O=C(CS(=O)c1ccc(S(=O)(=O)C(F)(F)F)cc1[N+](=O)[O-])Oc1ccc(Cl)cc1. The Morgan fingerprint density at radius 2 is 1.76 bits per heavy atom. The lowest BCUT2D eigenvalue weighted by Crippen LogP contribution is -2.23. The zero-order chi connectivity index (χ0) is 22.0. The monoisotopic (exact) mass is 471 g/mol. The van der Waals surface area contributed by atoms with Crippen LogP contribution >= 0.6 is 11.6 Å². The first-order chi connectivity index (χ1) is 13.3. The molecular formula is C15H9ClF3NO7S2. The summed E-state index contributed by atoms with van der Waals surface area (Å²) in [7, 11) is -8.25. The van der Waals surface area contributed by atoms with Crippen molar-refractivity contribution in [2.75, 3.05) is 5.75 Å². The molecule has 8 nitrogen and oxygen atoms in total. The summed E-state index contributed by atoms with van der Waals surface area (Å²) < 4.78 is 77.9. The van der Waals surface area contributed by atoms with Crippen LogP contribution < -0.4 is 4.74 Å². The van der Waals surface area contributed by atoms with Crippen molar-refractivity contribution < 1.29 is 40.3 Å². The smallest absolute Gasteiger partial charge is 0.426 e. The summed E-state index contributed by atoms with van der Waals surface area (Å²) in [5.41, 5.74) is -6.82. The molecule has 0 aliphatic heterocycles. The highest BCUT2D eigenvalue weighted by atomic mass is 35.5. The molecule has 0 aliphatic rings. The molecule has 0 N–H and O–H groups in total. The fraction of sp³-hybridized carbons (Fsp3) is 0.133. The third-order valence-electron chi connectivity index (χ3n) is 3.28. The van der Waals surface area contributed by atoms with Crippen LogP contribution in [0.3, 0.4) is 0 Å². The first kappa shape index (κ1) is 22.8. The number of halogens is 4. The summed E-state index contributed by atoms with van der Waals surface area (Å²) in [5, 5.41) is 11.5. The molecule has 2 aromatic rings. The molecule has 156 valence electrons. The number of rotatable bonds is 6. The number of carbonyl (C=O) groups excluding carboxylic acids is 1. The summed E-state index contributed by atoms with van der Waals surface area (Å²) in [6.07, 6.45) is 0. The second-order valence-corrected chi connectivity index (χ2v) is 9.05. The number of carbonyl (C=O) groups is 1. The Labute approximate surface area is 168 Å². The molecule has 0 radical (unpaired) electrons. The van der Waals surface area contributed by atoms with E-state index < -0.39 is 58.3 Å². The zero-order valence-corrected chi connectivity index (χ0v) is 16.3. The largest absolute Gasteiger partial charge is 0.501 e. The minimum Gasteiger partial charge on any atom is -0.426 e. The maximum Gasteiger partial charge on any atom is 0.501 e. The number of hydrogen-bond acceptors (Lipinski definition) is 7. The van der Waals surface area contributed by atoms with Crippen molar-refractivity contribution in [1.82, 2.24) is 0 Å². The number of hydrogen-bond donors (Lipinski definition) is 0. The second kappa shape index (κ2) is 8.47. The van der Waals surface area contributed by atoms with Crippen LogP contribution in [0.25, 0.3) is 0 Å². The highest BCUT2D eigenvalue weighted by Gasteiger charge is 2.47. The minimum absolute atomic E-state index is 0.0533. The van der Waals surface area contributed by atoms with Gasteiger partial charge in [0.15, 0.2) is 0 Å². The van der Waals surface area contributed by atoms with Gasteiger partial charge in [0.05, 0.1) is 20.6 Å². The quantitative estimate of drug-likeness (QED) is 0.274. The average Bonchev–Trinajstić information content (AvgIpc) is 2.62. The van der Waals surface area contributed by atoms with Gasteiger partial charge in [0.1, 0.15) is 16.4 Å². The molecule has 0 aromatic heterocycles. The molecule has 0 amide bonds. The maximum absolute atomic E-state index is 12.6. The molecular weight excluding hydrogens is 463 g/mol. The first-order valence-electron chi connectivity index (χ1n) is 7.27. The fourth-order valence-corrected chi connectivity index (χ4v) is 3.90. The standard InChI is InChI=1S/C15H9ClF3NO7S2/c16-9-1-3-10(4-2-9)27-14(21)8-28(24)13-6-5-11(7-12(13)20(22)23)29(25,26)15(17,18)19/h1-7H,8H2. The summed E-state index contributed by atoms with van der Waals surface area (Å²) in [6, 6.07) is 6.64. The summed E-state index contributed by atoms with van der Waals surface area (Å²) in [6.45, 7) is 0. The van der Waals surface area contributed by atoms with Gasteiger partial charge in [-0.1, -0.05) is 11.6 Å². The van der Waals surface area contributed by atoms with E-state index in [2.05, 4.69) is 0 Å². The van der Waals surface area contributed by atoms with Gasteiger partial charge < -0.3 is 4.74 Å². The molecule has 0 spiro atoms. The minimum atomic E-state index is -5.85. The van der Waals surface area contributed by atoms with Crippen molar-refractivity contribution >= 4 is 43.9 Å². The lowest BCUT2D eigenvalue weighted by atomic mass is 10.3. The first-order valence-corrected chi connectivity index (χ1v) is 10.5. The Morgan fingerprint density at radius 1 is 1.17 bits per heavy atom. The van der Waals surface area contributed by atoms with Crippen LogP contribution in [0.5, 0.6) is 5.75 Å². The number of esters is 1. The van der Waals surface area contributed by atoms with E-state index in [0.717, 1.165) is 0 Å². The van der Waals surface area contributed by atoms with Crippen molar-refractivity contribution in [1.29, 1.82) is 0 Å². The Morgan fingerprint density at radius 3 is 2.28 bits per heavy atom. The number of nitrogens with zero attached hydrogens (tertiary/aromatic N) is 1. The van der Waals surface area contributed by atoms with Gasteiger partial charge in [-0.15, -0.1) is 0 Å². The van der Waals surface area contributed by atoms with E-state index in [1.807, 2.05) is 0 Å². The third kappa shape index (κ3) is 5.31. The van der Waals surface area contributed by atoms with Gasteiger partial charge in [0, 0.05) is 11.1 Å². The summed E-state index contributed by atoms with van der Waals surface area (Å²) in [4.78, 5) is 19.8.